The lowest BCUT2D eigenvalue weighted by Crippen LogP contribution is -1.93. The second-order valence-corrected chi connectivity index (χ2v) is 2.98. The van der Waals surface area contributed by atoms with E-state index in [9.17, 15) is 0 Å². The van der Waals surface area contributed by atoms with Crippen molar-refractivity contribution in [3.63, 3.8) is 0 Å². The van der Waals surface area contributed by atoms with Gasteiger partial charge in [0.15, 0.2) is 0 Å². The van der Waals surface area contributed by atoms with Gasteiger partial charge in [0.2, 0.25) is 0 Å². The molecule has 1 nitrogen and oxygen atoms in total. The van der Waals surface area contributed by atoms with Crippen molar-refractivity contribution in [1.82, 2.24) is 3.53 Å². The smallest absolute Gasteiger partial charge is 0.0309 e. The number of thiophene rings is 1. The molecule has 0 saturated carbocycles. The summed E-state index contributed by atoms with van der Waals surface area (Å²) in [5.41, 5.74) is 1.37. The lowest BCUT2D eigenvalue weighted by molar-refractivity contribution is 1.02. The Kier molecular flexibility index (Phi) is 2.78. The lowest BCUT2D eigenvalue weighted by Gasteiger charge is -1.87. The summed E-state index contributed by atoms with van der Waals surface area (Å²) in [6.45, 7) is 0.976. The molecule has 44 valence electrons. The van der Waals surface area contributed by atoms with Crippen molar-refractivity contribution in [2.45, 2.75) is 6.54 Å². The van der Waals surface area contributed by atoms with Crippen LogP contribution in [0.1, 0.15) is 5.56 Å². The van der Waals surface area contributed by atoms with E-state index in [1.54, 1.807) is 11.3 Å². The molecule has 0 radical (unpaired) electrons. The van der Waals surface area contributed by atoms with Crippen LogP contribution < -0.4 is 3.53 Å². The zero-order valence-electron chi connectivity index (χ0n) is 4.23. The lowest BCUT2D eigenvalue weighted by atomic mass is 10.4. The standard InChI is InChI=1S/C5H6INS/c6-7-3-5-1-2-8-4-5/h1-2,4,7H,3H2. The van der Waals surface area contributed by atoms with E-state index < -0.39 is 0 Å². The first-order valence-corrected chi connectivity index (χ1v) is 4.30. The van der Waals surface area contributed by atoms with Crippen LogP contribution in [0.3, 0.4) is 0 Å². The maximum absolute atomic E-state index is 3.05. The Labute approximate surface area is 66.6 Å². The molecular formula is C5H6INS. The quantitative estimate of drug-likeness (QED) is 0.616. The third-order valence-corrected chi connectivity index (χ3v) is 1.96. The van der Waals surface area contributed by atoms with Crippen LogP contribution >= 0.6 is 34.2 Å². The number of halogens is 1. The zero-order chi connectivity index (χ0) is 5.82. The second-order valence-electron chi connectivity index (χ2n) is 1.44. The zero-order valence-corrected chi connectivity index (χ0v) is 7.20. The van der Waals surface area contributed by atoms with Gasteiger partial charge in [-0.05, 0) is 22.4 Å². The van der Waals surface area contributed by atoms with E-state index in [0.29, 0.717) is 0 Å². The number of rotatable bonds is 2. The minimum atomic E-state index is 0.976. The SMILES string of the molecule is INCc1ccsc1. The van der Waals surface area contributed by atoms with Crippen molar-refractivity contribution < 1.29 is 0 Å². The molecule has 3 heteroatoms. The maximum Gasteiger partial charge on any atom is 0.0309 e. The molecule has 1 aromatic heterocycles. The van der Waals surface area contributed by atoms with Gasteiger partial charge in [0.05, 0.1) is 0 Å². The Balaban J connectivity index is 2.50. The van der Waals surface area contributed by atoms with Crippen LogP contribution in [0.15, 0.2) is 16.8 Å². The molecule has 1 heterocycles. The normalized spacial score (nSPS) is 9.62. The van der Waals surface area contributed by atoms with Gasteiger partial charge in [-0.1, -0.05) is 0 Å². The van der Waals surface area contributed by atoms with Crippen LogP contribution in [-0.2, 0) is 6.54 Å². The van der Waals surface area contributed by atoms with Crippen LogP contribution in [0.2, 0.25) is 0 Å². The summed E-state index contributed by atoms with van der Waals surface area (Å²) in [5.74, 6) is 0. The summed E-state index contributed by atoms with van der Waals surface area (Å²) in [6.07, 6.45) is 0. The van der Waals surface area contributed by atoms with Crippen molar-refractivity contribution in [2.24, 2.45) is 0 Å². The van der Waals surface area contributed by atoms with Crippen LogP contribution in [0.5, 0.6) is 0 Å². The molecular weight excluding hydrogens is 233 g/mol. The second kappa shape index (κ2) is 3.42. The topological polar surface area (TPSA) is 12.0 Å². The van der Waals surface area contributed by atoms with Crippen LogP contribution in [0.4, 0.5) is 0 Å². The fraction of sp³-hybridized carbons (Fsp3) is 0.200. The highest BCUT2D eigenvalue weighted by atomic mass is 127. The average Bonchev–Trinajstić information content (AvgIpc) is 2.19. The summed E-state index contributed by atoms with van der Waals surface area (Å²) < 4.78 is 3.05. The van der Waals surface area contributed by atoms with E-state index in [0.717, 1.165) is 6.54 Å². The highest BCUT2D eigenvalue weighted by molar-refractivity contribution is 14.1. The third kappa shape index (κ3) is 1.72. The highest BCUT2D eigenvalue weighted by Crippen LogP contribution is 2.04. The van der Waals surface area contributed by atoms with E-state index in [4.69, 9.17) is 0 Å². The Bertz CT molecular complexity index is 138. The number of hydrogen-bond donors (Lipinski definition) is 1. The minimum absolute atomic E-state index is 0.976. The molecule has 0 aliphatic rings. The maximum atomic E-state index is 3.05. The molecule has 0 atom stereocenters. The molecule has 1 rings (SSSR count). The molecule has 0 fully saturated rings. The van der Waals surface area contributed by atoms with Crippen molar-refractivity contribution in [3.05, 3.63) is 22.4 Å². The monoisotopic (exact) mass is 239 g/mol. The van der Waals surface area contributed by atoms with E-state index in [2.05, 4.69) is 43.2 Å². The van der Waals surface area contributed by atoms with Gasteiger partial charge >= 0.3 is 0 Å². The molecule has 0 amide bonds. The first-order chi connectivity index (χ1) is 3.93. The highest BCUT2D eigenvalue weighted by Gasteiger charge is 1.86. The summed E-state index contributed by atoms with van der Waals surface area (Å²) >= 11 is 3.88. The number of hydrogen-bond acceptors (Lipinski definition) is 2. The first kappa shape index (κ1) is 6.51. The summed E-state index contributed by atoms with van der Waals surface area (Å²) in [7, 11) is 0. The predicted molar refractivity (Wildman–Crippen MR) is 45.2 cm³/mol. The molecule has 0 saturated heterocycles. The van der Waals surface area contributed by atoms with Crippen molar-refractivity contribution in [2.75, 3.05) is 0 Å². The van der Waals surface area contributed by atoms with Crippen molar-refractivity contribution in [3.8, 4) is 0 Å². The van der Waals surface area contributed by atoms with Gasteiger partial charge in [-0.25, -0.2) is 0 Å². The van der Waals surface area contributed by atoms with Gasteiger partial charge in [0.25, 0.3) is 0 Å². The fourth-order valence-corrected chi connectivity index (χ4v) is 1.58. The van der Waals surface area contributed by atoms with E-state index in [1.807, 2.05) is 0 Å². The number of nitrogens with one attached hydrogen (secondary N) is 1. The van der Waals surface area contributed by atoms with Gasteiger partial charge in [0.1, 0.15) is 0 Å². The van der Waals surface area contributed by atoms with Gasteiger partial charge in [-0.2, -0.15) is 11.3 Å². The van der Waals surface area contributed by atoms with Crippen molar-refractivity contribution >= 4 is 34.2 Å². The molecule has 0 unspecified atom stereocenters. The Morgan fingerprint density at radius 3 is 3.12 bits per heavy atom. The summed E-state index contributed by atoms with van der Waals surface area (Å²) in [4.78, 5) is 0. The first-order valence-electron chi connectivity index (χ1n) is 2.28. The fourth-order valence-electron chi connectivity index (χ4n) is 0.470. The van der Waals surface area contributed by atoms with E-state index in [-0.39, 0.29) is 0 Å². The largest absolute Gasteiger partial charge is 0.257 e. The molecule has 8 heavy (non-hydrogen) atoms. The van der Waals surface area contributed by atoms with Crippen LogP contribution in [0.25, 0.3) is 0 Å². The van der Waals surface area contributed by atoms with Gasteiger partial charge in [-0.3, -0.25) is 3.53 Å². The van der Waals surface area contributed by atoms with Crippen LogP contribution in [-0.4, -0.2) is 0 Å². The molecule has 0 aromatic carbocycles. The Morgan fingerprint density at radius 2 is 2.62 bits per heavy atom. The van der Waals surface area contributed by atoms with Crippen molar-refractivity contribution in [1.29, 1.82) is 0 Å². The van der Waals surface area contributed by atoms with Gasteiger partial charge in [-0.15, -0.1) is 0 Å². The molecule has 0 bridgehead atoms. The molecule has 0 aliphatic carbocycles. The average molecular weight is 239 g/mol. The van der Waals surface area contributed by atoms with Crippen LogP contribution in [0, 0.1) is 0 Å². The Morgan fingerprint density at radius 1 is 1.75 bits per heavy atom. The molecule has 1 aromatic rings. The summed E-state index contributed by atoms with van der Waals surface area (Å²) in [5, 5.41) is 4.23. The van der Waals surface area contributed by atoms with E-state index in [1.165, 1.54) is 5.56 Å². The van der Waals surface area contributed by atoms with E-state index >= 15 is 0 Å². The molecule has 0 spiro atoms. The summed E-state index contributed by atoms with van der Waals surface area (Å²) in [6, 6.07) is 2.12. The third-order valence-electron chi connectivity index (χ3n) is 0.851. The van der Waals surface area contributed by atoms with Gasteiger partial charge < -0.3 is 0 Å². The predicted octanol–water partition coefficient (Wildman–Crippen LogP) is 2.19. The molecule has 1 N–H and O–H groups in total. The Hall–Kier alpha value is 0.390. The van der Waals surface area contributed by atoms with Gasteiger partial charge in [0, 0.05) is 29.4 Å². The minimum Gasteiger partial charge on any atom is -0.257 e. The molecule has 0 aliphatic heterocycles.